The molecule has 1 aromatic carbocycles. The molecule has 0 atom stereocenters. The van der Waals surface area contributed by atoms with Crippen molar-refractivity contribution in [3.8, 4) is 0 Å². The molecule has 0 bridgehead atoms. The monoisotopic (exact) mass is 234 g/mol. The maximum absolute atomic E-state index is 12.0. The largest absolute Gasteiger partial charge is 0.396 e. The third kappa shape index (κ3) is 2.84. The lowest BCUT2D eigenvalue weighted by molar-refractivity contribution is -0.123. The normalized spacial score (nSPS) is 17.5. The van der Waals surface area contributed by atoms with Gasteiger partial charge in [0.2, 0.25) is 5.91 Å². The van der Waals surface area contributed by atoms with Crippen LogP contribution in [-0.4, -0.2) is 35.7 Å². The first-order chi connectivity index (χ1) is 8.33. The second-order valence-electron chi connectivity index (χ2n) is 4.18. The molecule has 0 aliphatic carbocycles. The van der Waals surface area contributed by atoms with Gasteiger partial charge in [-0.15, -0.1) is 0 Å². The van der Waals surface area contributed by atoms with Crippen molar-refractivity contribution in [1.29, 1.82) is 0 Å². The number of para-hydroxylation sites is 1. The first-order valence-electron chi connectivity index (χ1n) is 6.06. The van der Waals surface area contributed by atoms with E-state index in [0.29, 0.717) is 12.8 Å². The van der Waals surface area contributed by atoms with Gasteiger partial charge in [-0.05, 0) is 25.0 Å². The van der Waals surface area contributed by atoms with E-state index in [2.05, 4.69) is 0 Å². The van der Waals surface area contributed by atoms with Crippen LogP contribution in [0.4, 0.5) is 5.69 Å². The van der Waals surface area contributed by atoms with Gasteiger partial charge in [-0.2, -0.15) is 0 Å². The van der Waals surface area contributed by atoms with Gasteiger partial charge in [-0.25, -0.2) is 10.0 Å². The predicted molar refractivity (Wildman–Crippen MR) is 66.4 cm³/mol. The average Bonchev–Trinajstić information content (AvgIpc) is 2.37. The Kier molecular flexibility index (Phi) is 4.12. The molecule has 1 aromatic rings. The van der Waals surface area contributed by atoms with Gasteiger partial charge in [0, 0.05) is 26.1 Å². The lowest BCUT2D eigenvalue weighted by Crippen LogP contribution is -2.51. The highest BCUT2D eigenvalue weighted by atomic mass is 16.3. The molecule has 1 heterocycles. The van der Waals surface area contributed by atoms with Crippen LogP contribution >= 0.6 is 0 Å². The van der Waals surface area contributed by atoms with E-state index in [1.807, 2.05) is 35.3 Å². The maximum atomic E-state index is 12.0. The first-order valence-corrected chi connectivity index (χ1v) is 6.06. The van der Waals surface area contributed by atoms with E-state index in [-0.39, 0.29) is 12.5 Å². The molecule has 1 aliphatic rings. The molecular weight excluding hydrogens is 216 g/mol. The second kappa shape index (κ2) is 5.80. The van der Waals surface area contributed by atoms with Crippen molar-refractivity contribution in [2.45, 2.75) is 19.3 Å². The van der Waals surface area contributed by atoms with E-state index in [9.17, 15) is 4.79 Å². The third-order valence-corrected chi connectivity index (χ3v) is 2.90. The van der Waals surface area contributed by atoms with Crippen LogP contribution in [0.2, 0.25) is 0 Å². The van der Waals surface area contributed by atoms with E-state index >= 15 is 0 Å². The minimum absolute atomic E-state index is 0.139. The molecule has 17 heavy (non-hydrogen) atoms. The molecular formula is C13H18N2O2. The topological polar surface area (TPSA) is 43.8 Å². The molecule has 0 radical (unpaired) electrons. The molecule has 1 N–H and O–H groups in total. The number of hydrogen-bond donors (Lipinski definition) is 1. The summed E-state index contributed by atoms with van der Waals surface area (Å²) >= 11 is 0. The number of amides is 1. The van der Waals surface area contributed by atoms with Crippen LogP contribution in [-0.2, 0) is 4.79 Å². The van der Waals surface area contributed by atoms with Crippen molar-refractivity contribution in [2.75, 3.05) is 24.7 Å². The highest BCUT2D eigenvalue weighted by molar-refractivity contribution is 5.92. The molecule has 0 saturated carbocycles. The van der Waals surface area contributed by atoms with Crippen LogP contribution < -0.4 is 5.01 Å². The fourth-order valence-corrected chi connectivity index (χ4v) is 2.12. The van der Waals surface area contributed by atoms with Crippen molar-refractivity contribution in [3.05, 3.63) is 30.3 Å². The van der Waals surface area contributed by atoms with Gasteiger partial charge in [-0.1, -0.05) is 18.2 Å². The van der Waals surface area contributed by atoms with Gasteiger partial charge in [0.25, 0.3) is 0 Å². The summed E-state index contributed by atoms with van der Waals surface area (Å²) < 4.78 is 0. The second-order valence-corrected chi connectivity index (χ2v) is 4.18. The summed E-state index contributed by atoms with van der Waals surface area (Å²) in [5.41, 5.74) is 0.912. The van der Waals surface area contributed by atoms with Crippen LogP contribution in [0, 0.1) is 0 Å². The Balaban J connectivity index is 2.16. The van der Waals surface area contributed by atoms with E-state index in [1.54, 1.807) is 5.01 Å². The number of aliphatic hydroxyl groups is 1. The zero-order valence-electron chi connectivity index (χ0n) is 9.88. The number of benzene rings is 1. The lowest BCUT2D eigenvalue weighted by atomic mass is 10.2. The quantitative estimate of drug-likeness (QED) is 0.856. The van der Waals surface area contributed by atoms with Crippen molar-refractivity contribution in [3.63, 3.8) is 0 Å². The minimum Gasteiger partial charge on any atom is -0.396 e. The molecule has 1 fully saturated rings. The highest BCUT2D eigenvalue weighted by Crippen LogP contribution is 2.21. The summed E-state index contributed by atoms with van der Waals surface area (Å²) in [5, 5.41) is 12.7. The molecule has 4 nitrogen and oxygen atoms in total. The summed E-state index contributed by atoms with van der Waals surface area (Å²) in [5.74, 6) is 0.139. The van der Waals surface area contributed by atoms with Gasteiger partial charge in [-0.3, -0.25) is 4.79 Å². The van der Waals surface area contributed by atoms with Crippen LogP contribution in [0.3, 0.4) is 0 Å². The van der Waals surface area contributed by atoms with Gasteiger partial charge >= 0.3 is 0 Å². The molecule has 1 saturated heterocycles. The standard InChI is InChI=1S/C13H18N2O2/c16-11-5-10-14-9-4-8-13(17)15(14)12-6-2-1-3-7-12/h1-3,6-7,16H,4-5,8-11H2. The zero-order valence-corrected chi connectivity index (χ0v) is 9.88. The van der Waals surface area contributed by atoms with Gasteiger partial charge in [0.1, 0.15) is 0 Å². The number of carbonyl (C=O) groups excluding carboxylic acids is 1. The molecule has 0 aromatic heterocycles. The number of nitrogens with zero attached hydrogens (tertiary/aromatic N) is 2. The lowest BCUT2D eigenvalue weighted by Gasteiger charge is -2.38. The zero-order chi connectivity index (χ0) is 12.1. The fraction of sp³-hybridized carbons (Fsp3) is 0.462. The fourth-order valence-electron chi connectivity index (χ4n) is 2.12. The minimum atomic E-state index is 0.139. The average molecular weight is 234 g/mol. The number of hydrogen-bond acceptors (Lipinski definition) is 3. The summed E-state index contributed by atoms with van der Waals surface area (Å²) in [6.07, 6.45) is 2.19. The Hall–Kier alpha value is -1.39. The number of rotatable bonds is 4. The van der Waals surface area contributed by atoms with Crippen molar-refractivity contribution in [2.24, 2.45) is 0 Å². The van der Waals surface area contributed by atoms with Crippen LogP contribution in [0.25, 0.3) is 0 Å². The first kappa shape index (κ1) is 12.1. The van der Waals surface area contributed by atoms with Crippen molar-refractivity contribution < 1.29 is 9.90 Å². The maximum Gasteiger partial charge on any atom is 0.241 e. The van der Waals surface area contributed by atoms with Gasteiger partial charge in [0.15, 0.2) is 0 Å². The number of anilines is 1. The summed E-state index contributed by atoms with van der Waals surface area (Å²) in [4.78, 5) is 12.0. The predicted octanol–water partition coefficient (Wildman–Crippen LogP) is 1.41. The molecule has 2 rings (SSSR count). The number of hydrazine groups is 1. The van der Waals surface area contributed by atoms with Crippen molar-refractivity contribution in [1.82, 2.24) is 5.01 Å². The summed E-state index contributed by atoms with van der Waals surface area (Å²) in [6.45, 7) is 1.76. The molecule has 92 valence electrons. The van der Waals surface area contributed by atoms with E-state index in [1.165, 1.54) is 0 Å². The third-order valence-electron chi connectivity index (χ3n) is 2.90. The van der Waals surface area contributed by atoms with Crippen LogP contribution in [0.15, 0.2) is 30.3 Å². The van der Waals surface area contributed by atoms with Crippen LogP contribution in [0.5, 0.6) is 0 Å². The van der Waals surface area contributed by atoms with E-state index < -0.39 is 0 Å². The Morgan fingerprint density at radius 1 is 1.24 bits per heavy atom. The van der Waals surface area contributed by atoms with Crippen LogP contribution in [0.1, 0.15) is 19.3 Å². The molecule has 0 unspecified atom stereocenters. The summed E-state index contributed by atoms with van der Waals surface area (Å²) in [7, 11) is 0. The van der Waals surface area contributed by atoms with Crippen molar-refractivity contribution >= 4 is 11.6 Å². The Morgan fingerprint density at radius 3 is 2.71 bits per heavy atom. The van der Waals surface area contributed by atoms with Gasteiger partial charge in [0.05, 0.1) is 5.69 Å². The molecule has 1 aliphatic heterocycles. The van der Waals surface area contributed by atoms with E-state index in [0.717, 1.165) is 25.2 Å². The number of carbonyl (C=O) groups is 1. The Labute approximate surface area is 101 Å². The molecule has 4 heteroatoms. The van der Waals surface area contributed by atoms with E-state index in [4.69, 9.17) is 5.11 Å². The SMILES string of the molecule is O=C1CCCN(CCCO)N1c1ccccc1. The number of aliphatic hydroxyl groups excluding tert-OH is 1. The Bertz CT molecular complexity index is 367. The molecule has 0 spiro atoms. The van der Waals surface area contributed by atoms with Gasteiger partial charge < -0.3 is 5.11 Å². The highest BCUT2D eigenvalue weighted by Gasteiger charge is 2.26. The summed E-state index contributed by atoms with van der Waals surface area (Å²) in [6, 6.07) is 9.68. The Morgan fingerprint density at radius 2 is 2.00 bits per heavy atom. The molecule has 1 amide bonds. The smallest absolute Gasteiger partial charge is 0.241 e.